The number of aliphatic hydroxyl groups is 1. The maximum Gasteiger partial charge on any atom is 0.278 e. The molecular weight excluding hydrogens is 374 g/mol. The number of carbonyl (C=O) groups is 2. The molecule has 0 saturated carbocycles. The number of nitrogens with zero attached hydrogens (tertiary/aromatic N) is 2. The topological polar surface area (TPSA) is 131 Å². The third kappa shape index (κ3) is 3.49. The van der Waals surface area contributed by atoms with Crippen LogP contribution in [-0.4, -0.2) is 56.2 Å². The van der Waals surface area contributed by atoms with E-state index in [1.165, 1.54) is 11.0 Å². The van der Waals surface area contributed by atoms with Crippen LogP contribution in [0.15, 0.2) is 41.2 Å². The number of pyridine rings is 1. The van der Waals surface area contributed by atoms with Gasteiger partial charge >= 0.3 is 0 Å². The lowest BCUT2D eigenvalue weighted by Crippen LogP contribution is -2.37. The van der Waals surface area contributed by atoms with Crippen molar-refractivity contribution in [1.29, 1.82) is 0 Å². The summed E-state index contributed by atoms with van der Waals surface area (Å²) in [6.07, 6.45) is 0.246. The largest absolute Gasteiger partial charge is 0.369 e. The number of likely N-dealkylation sites (tertiary alicyclic amines) is 1. The zero-order valence-electron chi connectivity index (χ0n) is 15.4. The minimum Gasteiger partial charge on any atom is -0.369 e. The van der Waals surface area contributed by atoms with Gasteiger partial charge in [-0.25, -0.2) is 0 Å². The van der Waals surface area contributed by atoms with Crippen molar-refractivity contribution in [1.82, 2.24) is 20.1 Å². The molecule has 2 aromatic heterocycles. The predicted molar refractivity (Wildman–Crippen MR) is 105 cm³/mol. The van der Waals surface area contributed by atoms with Crippen molar-refractivity contribution in [3.8, 4) is 11.8 Å². The van der Waals surface area contributed by atoms with Gasteiger partial charge in [-0.15, -0.1) is 0 Å². The van der Waals surface area contributed by atoms with Crippen molar-refractivity contribution in [2.75, 3.05) is 18.9 Å². The fourth-order valence-corrected chi connectivity index (χ4v) is 3.10. The molecule has 0 aliphatic carbocycles. The quantitative estimate of drug-likeness (QED) is 0.471. The van der Waals surface area contributed by atoms with Gasteiger partial charge in [-0.3, -0.25) is 19.5 Å². The summed E-state index contributed by atoms with van der Waals surface area (Å²) in [5.41, 5.74) is -0.130. The summed E-state index contributed by atoms with van der Waals surface area (Å²) in [6.45, 7) is 0.444. The summed E-state index contributed by atoms with van der Waals surface area (Å²) in [4.78, 5) is 40.1. The molecule has 4 N–H and O–H groups in total. The highest BCUT2D eigenvalue weighted by Crippen LogP contribution is 2.21. The highest BCUT2D eigenvalue weighted by molar-refractivity contribution is 6.10. The van der Waals surface area contributed by atoms with Crippen LogP contribution >= 0.6 is 0 Å². The molecule has 1 atom stereocenters. The monoisotopic (exact) mass is 391 g/mol. The molecule has 3 heterocycles. The van der Waals surface area contributed by atoms with E-state index >= 15 is 0 Å². The number of hydrogen-bond acceptors (Lipinski definition) is 5. The summed E-state index contributed by atoms with van der Waals surface area (Å²) in [5.74, 6) is 4.51. The highest BCUT2D eigenvalue weighted by atomic mass is 16.3. The Morgan fingerprint density at radius 2 is 2.14 bits per heavy atom. The molecule has 0 unspecified atom stereocenters. The Balaban J connectivity index is 1.56. The third-order valence-electron chi connectivity index (χ3n) is 4.70. The molecule has 9 nitrogen and oxygen atoms in total. The molecule has 4 rings (SSSR count). The van der Waals surface area contributed by atoms with E-state index in [0.29, 0.717) is 28.8 Å². The van der Waals surface area contributed by atoms with Crippen LogP contribution < -0.4 is 10.9 Å². The number of benzene rings is 1. The zero-order valence-corrected chi connectivity index (χ0v) is 15.4. The summed E-state index contributed by atoms with van der Waals surface area (Å²) < 4.78 is 0. The van der Waals surface area contributed by atoms with Crippen LogP contribution in [0.2, 0.25) is 0 Å². The van der Waals surface area contributed by atoms with Crippen LogP contribution in [-0.2, 0) is 4.79 Å². The average molecular weight is 391 g/mol. The first-order valence-corrected chi connectivity index (χ1v) is 8.86. The second-order valence-corrected chi connectivity index (χ2v) is 6.81. The van der Waals surface area contributed by atoms with Crippen molar-refractivity contribution >= 4 is 28.5 Å². The number of carbonyl (C=O) groups excluding carboxylic acids is 2. The molecule has 1 saturated heterocycles. The second-order valence-electron chi connectivity index (χ2n) is 6.81. The van der Waals surface area contributed by atoms with Crippen LogP contribution in [0.5, 0.6) is 0 Å². The number of anilines is 1. The molecule has 1 aliphatic heterocycles. The van der Waals surface area contributed by atoms with Crippen LogP contribution in [0.3, 0.4) is 0 Å². The van der Waals surface area contributed by atoms with Gasteiger partial charge in [0, 0.05) is 37.3 Å². The van der Waals surface area contributed by atoms with Crippen LogP contribution in [0.1, 0.15) is 22.5 Å². The van der Waals surface area contributed by atoms with Gasteiger partial charge in [0.1, 0.15) is 0 Å². The number of amides is 2. The first kappa shape index (κ1) is 18.5. The van der Waals surface area contributed by atoms with Crippen LogP contribution in [0.4, 0.5) is 5.69 Å². The molecule has 146 valence electrons. The highest BCUT2D eigenvalue weighted by Gasteiger charge is 2.42. The van der Waals surface area contributed by atoms with Crippen molar-refractivity contribution < 1.29 is 14.7 Å². The number of likely N-dealkylation sites (N-methyl/N-ethyl adjacent to an activating group) is 1. The summed E-state index contributed by atoms with van der Waals surface area (Å²) in [7, 11) is 1.62. The fraction of sp³-hybridized carbons (Fsp3) is 0.200. The molecule has 9 heteroatoms. The number of nitrogens with one attached hydrogen (secondary N) is 3. The van der Waals surface area contributed by atoms with E-state index in [-0.39, 0.29) is 17.7 Å². The van der Waals surface area contributed by atoms with Crippen molar-refractivity contribution in [3.63, 3.8) is 0 Å². The second kappa shape index (κ2) is 6.92. The lowest BCUT2D eigenvalue weighted by atomic mass is 10.0. The van der Waals surface area contributed by atoms with Gasteiger partial charge in [0.25, 0.3) is 11.8 Å². The molecule has 0 radical (unpaired) electrons. The van der Waals surface area contributed by atoms with E-state index in [2.05, 4.69) is 32.3 Å². The third-order valence-corrected chi connectivity index (χ3v) is 4.70. The first-order valence-electron chi connectivity index (χ1n) is 8.86. The predicted octanol–water partition coefficient (Wildman–Crippen LogP) is 0.448. The lowest BCUT2D eigenvalue weighted by Gasteiger charge is -2.13. The normalized spacial score (nSPS) is 18.6. The van der Waals surface area contributed by atoms with Gasteiger partial charge in [0.15, 0.2) is 5.69 Å². The van der Waals surface area contributed by atoms with Gasteiger partial charge in [-0.2, -0.15) is 5.10 Å². The minimum atomic E-state index is -1.69. The van der Waals surface area contributed by atoms with E-state index in [1.807, 2.05) is 0 Å². The summed E-state index contributed by atoms with van der Waals surface area (Å²) in [5, 5.41) is 19.7. The molecule has 1 aromatic carbocycles. The number of aromatic amines is 2. The van der Waals surface area contributed by atoms with E-state index in [9.17, 15) is 19.5 Å². The van der Waals surface area contributed by atoms with Gasteiger partial charge in [-0.05, 0) is 24.3 Å². The molecule has 0 spiro atoms. The maximum atomic E-state index is 12.6. The molecule has 29 heavy (non-hydrogen) atoms. The van der Waals surface area contributed by atoms with Crippen molar-refractivity contribution in [2.24, 2.45) is 0 Å². The van der Waals surface area contributed by atoms with E-state index in [0.717, 1.165) is 0 Å². The average Bonchev–Trinajstić information content (AvgIpc) is 3.23. The fourth-order valence-electron chi connectivity index (χ4n) is 3.10. The van der Waals surface area contributed by atoms with E-state index < -0.39 is 17.4 Å². The van der Waals surface area contributed by atoms with Gasteiger partial charge in [-0.1, -0.05) is 17.9 Å². The standard InChI is InChI=1S/C20H17N5O4/c1-25-10-9-20(29,19(25)28)8-7-12-3-2-4-13(11-12)21-18(27)17-16-14(23-24-17)5-6-15(26)22-16/h2-6,11,29H,9-10H2,1H3,(H,21,27)(H,22,26)(H,23,24)/t20-/m0/s1. The molecular formula is C20H17N5O4. The Bertz CT molecular complexity index is 1250. The Morgan fingerprint density at radius 1 is 1.31 bits per heavy atom. The number of aromatic nitrogens is 3. The Labute approximate surface area is 164 Å². The molecule has 1 fully saturated rings. The maximum absolute atomic E-state index is 12.6. The number of rotatable bonds is 2. The number of hydrogen-bond donors (Lipinski definition) is 4. The SMILES string of the molecule is CN1CC[C@@](O)(C#Cc2cccc(NC(=O)c3n[nH]c4ccc(=O)[nH]c34)c2)C1=O. The van der Waals surface area contributed by atoms with Gasteiger partial charge < -0.3 is 20.3 Å². The van der Waals surface area contributed by atoms with E-state index in [1.54, 1.807) is 37.4 Å². The molecule has 0 bridgehead atoms. The van der Waals surface area contributed by atoms with Gasteiger partial charge in [0.05, 0.1) is 11.0 Å². The molecule has 2 amide bonds. The molecule has 3 aromatic rings. The lowest BCUT2D eigenvalue weighted by molar-refractivity contribution is -0.137. The van der Waals surface area contributed by atoms with Crippen LogP contribution in [0, 0.1) is 11.8 Å². The Kier molecular flexibility index (Phi) is 4.41. The number of fused-ring (bicyclic) bond motifs is 1. The van der Waals surface area contributed by atoms with Crippen molar-refractivity contribution in [2.45, 2.75) is 12.0 Å². The minimum absolute atomic E-state index is 0.0584. The van der Waals surface area contributed by atoms with E-state index in [4.69, 9.17) is 0 Å². The Hall–Kier alpha value is -3.90. The van der Waals surface area contributed by atoms with Crippen molar-refractivity contribution in [3.05, 3.63) is 58.0 Å². The zero-order chi connectivity index (χ0) is 20.6. The number of H-pyrrole nitrogens is 2. The first-order chi connectivity index (χ1) is 13.9. The van der Waals surface area contributed by atoms with Gasteiger partial charge in [0.2, 0.25) is 11.2 Å². The smallest absolute Gasteiger partial charge is 0.278 e. The molecule has 1 aliphatic rings. The Morgan fingerprint density at radius 3 is 2.90 bits per heavy atom. The summed E-state index contributed by atoms with van der Waals surface area (Å²) in [6, 6.07) is 9.57. The summed E-state index contributed by atoms with van der Waals surface area (Å²) >= 11 is 0. The van der Waals surface area contributed by atoms with Crippen LogP contribution in [0.25, 0.3) is 11.0 Å².